The maximum Gasteiger partial charge on any atom is 0.231 e. The van der Waals surface area contributed by atoms with Gasteiger partial charge in [-0.25, -0.2) is 4.98 Å². The standard InChI is InChI=1S/C20H21N5O2S/c1-12-6-4-5-7-17(12)25-9-14(8-18(25)26)19(27)22-20-21-16(11-28-20)15-10-24(3)23-13(15)2/h4-7,10-11,14H,8-9H2,1-3H3,(H,21,22,27). The molecule has 1 unspecified atom stereocenters. The summed E-state index contributed by atoms with van der Waals surface area (Å²) in [7, 11) is 1.86. The van der Waals surface area contributed by atoms with Crippen LogP contribution in [0.15, 0.2) is 35.8 Å². The molecule has 0 saturated carbocycles. The number of carbonyl (C=O) groups is 2. The summed E-state index contributed by atoms with van der Waals surface area (Å²) in [5, 5.41) is 9.63. The fourth-order valence-corrected chi connectivity index (χ4v) is 4.21. The minimum Gasteiger partial charge on any atom is -0.311 e. The zero-order valence-electron chi connectivity index (χ0n) is 16.0. The third kappa shape index (κ3) is 3.43. The summed E-state index contributed by atoms with van der Waals surface area (Å²) in [4.78, 5) is 31.4. The summed E-state index contributed by atoms with van der Waals surface area (Å²) in [5.41, 5.74) is 4.51. The van der Waals surface area contributed by atoms with Crippen molar-refractivity contribution in [2.24, 2.45) is 13.0 Å². The second-order valence-electron chi connectivity index (χ2n) is 7.02. The van der Waals surface area contributed by atoms with Crippen molar-refractivity contribution in [2.75, 3.05) is 16.8 Å². The fourth-order valence-electron chi connectivity index (χ4n) is 3.50. The van der Waals surface area contributed by atoms with E-state index in [0.717, 1.165) is 28.2 Å². The lowest BCUT2D eigenvalue weighted by molar-refractivity contribution is -0.122. The topological polar surface area (TPSA) is 80.1 Å². The monoisotopic (exact) mass is 395 g/mol. The molecule has 3 aromatic rings. The van der Waals surface area contributed by atoms with E-state index in [4.69, 9.17) is 0 Å². The fraction of sp³-hybridized carbons (Fsp3) is 0.300. The van der Waals surface area contributed by atoms with E-state index in [1.165, 1.54) is 11.3 Å². The van der Waals surface area contributed by atoms with Gasteiger partial charge in [-0.2, -0.15) is 5.10 Å². The largest absolute Gasteiger partial charge is 0.311 e. The molecule has 3 heterocycles. The smallest absolute Gasteiger partial charge is 0.231 e. The van der Waals surface area contributed by atoms with Crippen LogP contribution in [0.1, 0.15) is 17.7 Å². The van der Waals surface area contributed by atoms with Crippen molar-refractivity contribution in [2.45, 2.75) is 20.3 Å². The van der Waals surface area contributed by atoms with Gasteiger partial charge in [0.1, 0.15) is 0 Å². The molecule has 4 rings (SSSR count). The number of hydrogen-bond acceptors (Lipinski definition) is 5. The molecule has 1 aliphatic rings. The highest BCUT2D eigenvalue weighted by Gasteiger charge is 2.35. The quantitative estimate of drug-likeness (QED) is 0.736. The molecule has 1 saturated heterocycles. The lowest BCUT2D eigenvalue weighted by Gasteiger charge is -2.18. The van der Waals surface area contributed by atoms with Crippen LogP contribution in [0, 0.1) is 19.8 Å². The molecule has 1 N–H and O–H groups in total. The first-order valence-corrected chi connectivity index (χ1v) is 9.93. The molecule has 28 heavy (non-hydrogen) atoms. The van der Waals surface area contributed by atoms with Crippen LogP contribution in [0.5, 0.6) is 0 Å². The van der Waals surface area contributed by atoms with Crippen LogP contribution >= 0.6 is 11.3 Å². The first-order chi connectivity index (χ1) is 13.4. The number of aromatic nitrogens is 3. The average Bonchev–Trinajstić information content (AvgIpc) is 3.34. The highest BCUT2D eigenvalue weighted by atomic mass is 32.1. The van der Waals surface area contributed by atoms with E-state index in [-0.39, 0.29) is 24.2 Å². The molecule has 2 aromatic heterocycles. The van der Waals surface area contributed by atoms with E-state index in [2.05, 4.69) is 15.4 Å². The van der Waals surface area contributed by atoms with Gasteiger partial charge in [-0.15, -0.1) is 11.3 Å². The first-order valence-electron chi connectivity index (χ1n) is 9.05. The Hall–Kier alpha value is -3.00. The highest BCUT2D eigenvalue weighted by Crippen LogP contribution is 2.30. The van der Waals surface area contributed by atoms with Crippen molar-refractivity contribution in [1.29, 1.82) is 0 Å². The lowest BCUT2D eigenvalue weighted by Crippen LogP contribution is -2.28. The van der Waals surface area contributed by atoms with Crippen LogP contribution in [-0.4, -0.2) is 33.1 Å². The van der Waals surface area contributed by atoms with Crippen molar-refractivity contribution in [3.8, 4) is 11.3 Å². The van der Waals surface area contributed by atoms with Crippen molar-refractivity contribution in [3.05, 3.63) is 47.1 Å². The Morgan fingerprint density at radius 2 is 2.07 bits per heavy atom. The highest BCUT2D eigenvalue weighted by molar-refractivity contribution is 7.14. The zero-order valence-corrected chi connectivity index (χ0v) is 16.8. The number of hydrogen-bond donors (Lipinski definition) is 1. The molecule has 1 aliphatic heterocycles. The van der Waals surface area contributed by atoms with Crippen LogP contribution in [0.3, 0.4) is 0 Å². The van der Waals surface area contributed by atoms with E-state index < -0.39 is 0 Å². The number of carbonyl (C=O) groups excluding carboxylic acids is 2. The van der Waals surface area contributed by atoms with E-state index in [0.29, 0.717) is 11.7 Å². The second-order valence-corrected chi connectivity index (χ2v) is 7.88. The molecule has 2 amide bonds. The Labute approximate surface area is 167 Å². The van der Waals surface area contributed by atoms with Gasteiger partial charge in [0.2, 0.25) is 11.8 Å². The van der Waals surface area contributed by atoms with E-state index in [1.807, 2.05) is 56.7 Å². The Kier molecular flexibility index (Phi) is 4.72. The molecule has 0 spiro atoms. The molecule has 144 valence electrons. The van der Waals surface area contributed by atoms with Gasteiger partial charge in [0, 0.05) is 42.8 Å². The number of rotatable bonds is 4. The third-order valence-corrected chi connectivity index (χ3v) is 5.68. The van der Waals surface area contributed by atoms with Gasteiger partial charge in [0.05, 0.1) is 17.3 Å². The molecular weight excluding hydrogens is 374 g/mol. The van der Waals surface area contributed by atoms with Crippen molar-refractivity contribution >= 4 is 34.0 Å². The molecule has 0 aliphatic carbocycles. The molecule has 1 fully saturated rings. The van der Waals surface area contributed by atoms with Gasteiger partial charge in [-0.3, -0.25) is 14.3 Å². The molecule has 8 heteroatoms. The number of benzene rings is 1. The Morgan fingerprint density at radius 1 is 1.29 bits per heavy atom. The lowest BCUT2D eigenvalue weighted by atomic mass is 10.1. The predicted molar refractivity (Wildman–Crippen MR) is 109 cm³/mol. The van der Waals surface area contributed by atoms with Crippen LogP contribution in [0.4, 0.5) is 10.8 Å². The first kappa shape index (κ1) is 18.4. The van der Waals surface area contributed by atoms with Gasteiger partial charge in [-0.05, 0) is 25.5 Å². The third-order valence-electron chi connectivity index (χ3n) is 4.93. The average molecular weight is 395 g/mol. The van der Waals surface area contributed by atoms with Gasteiger partial charge in [0.25, 0.3) is 0 Å². The minimum absolute atomic E-state index is 0.0275. The summed E-state index contributed by atoms with van der Waals surface area (Å²) >= 11 is 1.37. The number of para-hydroxylation sites is 1. The van der Waals surface area contributed by atoms with Gasteiger partial charge in [-0.1, -0.05) is 18.2 Å². The van der Waals surface area contributed by atoms with Crippen molar-refractivity contribution in [3.63, 3.8) is 0 Å². The summed E-state index contributed by atoms with van der Waals surface area (Å²) in [5.74, 6) is -0.590. The van der Waals surface area contributed by atoms with Crippen molar-refractivity contribution in [1.82, 2.24) is 14.8 Å². The SMILES string of the molecule is Cc1ccccc1N1CC(C(=O)Nc2nc(-c3cn(C)nc3C)cs2)CC1=O. The normalized spacial score (nSPS) is 16.6. The number of nitrogens with zero attached hydrogens (tertiary/aromatic N) is 4. The van der Waals surface area contributed by atoms with Crippen LogP contribution in [0.25, 0.3) is 11.3 Å². The molecule has 0 bridgehead atoms. The van der Waals surface area contributed by atoms with Gasteiger partial charge in [0.15, 0.2) is 5.13 Å². The maximum atomic E-state index is 12.7. The summed E-state index contributed by atoms with van der Waals surface area (Å²) in [6, 6.07) is 7.72. The Bertz CT molecular complexity index is 1050. The summed E-state index contributed by atoms with van der Waals surface area (Å²) < 4.78 is 1.74. The summed E-state index contributed by atoms with van der Waals surface area (Å²) in [6.45, 7) is 4.28. The number of aryl methyl sites for hydroxylation is 3. The minimum atomic E-state index is -0.389. The van der Waals surface area contributed by atoms with Gasteiger partial charge >= 0.3 is 0 Å². The molecule has 1 aromatic carbocycles. The van der Waals surface area contributed by atoms with Crippen LogP contribution < -0.4 is 10.2 Å². The molecule has 7 nitrogen and oxygen atoms in total. The zero-order chi connectivity index (χ0) is 19.8. The van der Waals surface area contributed by atoms with E-state index >= 15 is 0 Å². The molecule has 0 radical (unpaired) electrons. The Morgan fingerprint density at radius 3 is 2.79 bits per heavy atom. The number of amides is 2. The Balaban J connectivity index is 1.46. The van der Waals surface area contributed by atoms with Crippen LogP contribution in [-0.2, 0) is 16.6 Å². The number of anilines is 2. The second kappa shape index (κ2) is 7.20. The van der Waals surface area contributed by atoms with Gasteiger partial charge < -0.3 is 10.2 Å². The molecule has 1 atom stereocenters. The predicted octanol–water partition coefficient (Wildman–Crippen LogP) is 3.15. The van der Waals surface area contributed by atoms with E-state index in [1.54, 1.807) is 9.58 Å². The number of thiazole rings is 1. The number of nitrogens with one attached hydrogen (secondary N) is 1. The van der Waals surface area contributed by atoms with Crippen LogP contribution in [0.2, 0.25) is 0 Å². The van der Waals surface area contributed by atoms with E-state index in [9.17, 15) is 9.59 Å². The molecular formula is C20H21N5O2S. The summed E-state index contributed by atoms with van der Waals surface area (Å²) in [6.07, 6.45) is 2.12. The van der Waals surface area contributed by atoms with Crippen molar-refractivity contribution < 1.29 is 9.59 Å². The maximum absolute atomic E-state index is 12.7.